The zero-order valence-electron chi connectivity index (χ0n) is 16.6. The van der Waals surface area contributed by atoms with Gasteiger partial charge in [-0.15, -0.1) is 0 Å². The number of rotatable bonds is 6. The zero-order valence-corrected chi connectivity index (χ0v) is 16.6. The van der Waals surface area contributed by atoms with Crippen LogP contribution < -0.4 is 9.64 Å². The smallest absolute Gasteiger partial charge is 0.343 e. The number of ketones is 1. The second kappa shape index (κ2) is 8.86. The Bertz CT molecular complexity index is 923. The Morgan fingerprint density at radius 2 is 1.86 bits per heavy atom. The molecule has 152 valence electrons. The molecule has 29 heavy (non-hydrogen) atoms. The lowest BCUT2D eigenvalue weighted by molar-refractivity contribution is -0.384. The third-order valence-electron chi connectivity index (χ3n) is 5.11. The number of benzene rings is 2. The number of hydrogen-bond acceptors (Lipinski definition) is 6. The predicted molar refractivity (Wildman–Crippen MR) is 110 cm³/mol. The van der Waals surface area contributed by atoms with E-state index in [0.717, 1.165) is 25.9 Å². The summed E-state index contributed by atoms with van der Waals surface area (Å²) in [6, 6.07) is 10.7. The lowest BCUT2D eigenvalue weighted by Crippen LogP contribution is -2.34. The highest BCUT2D eigenvalue weighted by atomic mass is 16.6. The first-order chi connectivity index (χ1) is 13.9. The van der Waals surface area contributed by atoms with Crippen molar-refractivity contribution in [3.8, 4) is 5.75 Å². The Kier molecular flexibility index (Phi) is 6.26. The molecule has 0 spiro atoms. The van der Waals surface area contributed by atoms with Crippen LogP contribution in [0.3, 0.4) is 0 Å². The molecule has 1 fully saturated rings. The SMILES string of the molecule is CCC(=O)c1ccc(OC(=O)c2ccc(N3CCC[C@@H](C)C3)c([N+](=O)[O-])c2)cc1. The van der Waals surface area contributed by atoms with Gasteiger partial charge in [-0.3, -0.25) is 14.9 Å². The average molecular weight is 396 g/mol. The number of Topliss-reactive ketones (excluding diaryl/α,β-unsaturated/α-hetero) is 1. The maximum Gasteiger partial charge on any atom is 0.343 e. The first-order valence-electron chi connectivity index (χ1n) is 9.78. The van der Waals surface area contributed by atoms with Crippen LogP contribution in [0.25, 0.3) is 0 Å². The predicted octanol–water partition coefficient (Wildman–Crippen LogP) is 4.64. The molecular weight excluding hydrogens is 372 g/mol. The molecule has 0 aliphatic carbocycles. The van der Waals surface area contributed by atoms with Crippen LogP contribution in [0.5, 0.6) is 5.75 Å². The summed E-state index contributed by atoms with van der Waals surface area (Å²) in [6.07, 6.45) is 2.49. The molecule has 2 aromatic rings. The third kappa shape index (κ3) is 4.80. The number of ether oxygens (including phenoxy) is 1. The van der Waals surface area contributed by atoms with Gasteiger partial charge in [-0.05, 0) is 55.2 Å². The first-order valence-corrected chi connectivity index (χ1v) is 9.78. The van der Waals surface area contributed by atoms with E-state index in [1.165, 1.54) is 6.07 Å². The van der Waals surface area contributed by atoms with Gasteiger partial charge in [-0.1, -0.05) is 13.8 Å². The van der Waals surface area contributed by atoms with E-state index in [9.17, 15) is 19.7 Å². The molecule has 1 heterocycles. The van der Waals surface area contributed by atoms with E-state index >= 15 is 0 Å². The minimum Gasteiger partial charge on any atom is -0.423 e. The molecule has 7 nitrogen and oxygen atoms in total. The molecule has 0 amide bonds. The van der Waals surface area contributed by atoms with Gasteiger partial charge < -0.3 is 9.64 Å². The van der Waals surface area contributed by atoms with Crippen LogP contribution in [0.4, 0.5) is 11.4 Å². The van der Waals surface area contributed by atoms with Crippen LogP contribution in [-0.2, 0) is 0 Å². The van der Waals surface area contributed by atoms with Gasteiger partial charge in [-0.25, -0.2) is 4.79 Å². The Labute approximate surface area is 169 Å². The quantitative estimate of drug-likeness (QED) is 0.232. The molecule has 0 N–H and O–H groups in total. The number of carbonyl (C=O) groups is 2. The van der Waals surface area contributed by atoms with Crippen molar-refractivity contribution in [3.05, 3.63) is 63.7 Å². The van der Waals surface area contributed by atoms with Gasteiger partial charge in [0.25, 0.3) is 5.69 Å². The molecule has 3 rings (SSSR count). The highest BCUT2D eigenvalue weighted by molar-refractivity contribution is 5.96. The highest BCUT2D eigenvalue weighted by Crippen LogP contribution is 2.32. The van der Waals surface area contributed by atoms with E-state index in [1.54, 1.807) is 43.3 Å². The van der Waals surface area contributed by atoms with Crippen LogP contribution in [0.15, 0.2) is 42.5 Å². The molecule has 0 bridgehead atoms. The van der Waals surface area contributed by atoms with E-state index in [0.29, 0.717) is 23.6 Å². The van der Waals surface area contributed by atoms with Crippen molar-refractivity contribution in [2.24, 2.45) is 5.92 Å². The summed E-state index contributed by atoms with van der Waals surface area (Å²) in [5.74, 6) is 0.0668. The number of esters is 1. The lowest BCUT2D eigenvalue weighted by Gasteiger charge is -2.32. The summed E-state index contributed by atoms with van der Waals surface area (Å²) < 4.78 is 5.32. The minimum absolute atomic E-state index is 0.00104. The second-order valence-electron chi connectivity index (χ2n) is 7.34. The van der Waals surface area contributed by atoms with Crippen LogP contribution in [0.1, 0.15) is 53.8 Å². The maximum absolute atomic E-state index is 12.5. The van der Waals surface area contributed by atoms with Crippen molar-refractivity contribution in [2.45, 2.75) is 33.1 Å². The number of piperidine rings is 1. The van der Waals surface area contributed by atoms with Crippen LogP contribution in [0.2, 0.25) is 0 Å². The van der Waals surface area contributed by atoms with E-state index in [-0.39, 0.29) is 22.8 Å². The largest absolute Gasteiger partial charge is 0.423 e. The normalized spacial score (nSPS) is 16.3. The fraction of sp³-hybridized carbons (Fsp3) is 0.364. The van der Waals surface area contributed by atoms with Gasteiger partial charge in [0.15, 0.2) is 5.78 Å². The minimum atomic E-state index is -0.679. The summed E-state index contributed by atoms with van der Waals surface area (Å²) in [7, 11) is 0. The number of carbonyl (C=O) groups excluding carboxylic acids is 2. The number of hydrogen-bond donors (Lipinski definition) is 0. The van der Waals surface area contributed by atoms with Crippen molar-refractivity contribution < 1.29 is 19.2 Å². The standard InChI is InChI=1S/C22H24N2O5/c1-3-21(25)16-6-9-18(10-7-16)29-22(26)17-8-11-19(20(13-17)24(27)28)23-12-4-5-15(2)14-23/h6-11,13,15H,3-5,12,14H2,1-2H3/t15-/m1/s1. The van der Waals surface area contributed by atoms with Crippen LogP contribution in [-0.4, -0.2) is 29.8 Å². The highest BCUT2D eigenvalue weighted by Gasteiger charge is 2.25. The summed E-state index contributed by atoms with van der Waals surface area (Å²) >= 11 is 0. The molecule has 1 aliphatic rings. The molecule has 0 aromatic heterocycles. The summed E-state index contributed by atoms with van der Waals surface area (Å²) in [5.41, 5.74) is 1.08. The van der Waals surface area contributed by atoms with Crippen molar-refractivity contribution in [1.82, 2.24) is 0 Å². The summed E-state index contributed by atoms with van der Waals surface area (Å²) in [5, 5.41) is 11.6. The van der Waals surface area contributed by atoms with Crippen molar-refractivity contribution in [3.63, 3.8) is 0 Å². The van der Waals surface area contributed by atoms with Crippen LogP contribution >= 0.6 is 0 Å². The van der Waals surface area contributed by atoms with E-state index < -0.39 is 10.9 Å². The van der Waals surface area contributed by atoms with E-state index in [1.807, 2.05) is 4.90 Å². The second-order valence-corrected chi connectivity index (χ2v) is 7.34. The molecule has 0 radical (unpaired) electrons. The third-order valence-corrected chi connectivity index (χ3v) is 5.11. The van der Waals surface area contributed by atoms with Gasteiger partial charge in [0.05, 0.1) is 10.5 Å². The number of nitro groups is 1. The summed E-state index contributed by atoms with van der Waals surface area (Å²) in [6.45, 7) is 5.42. The Morgan fingerprint density at radius 1 is 1.17 bits per heavy atom. The number of nitro benzene ring substituents is 1. The average Bonchev–Trinajstić information content (AvgIpc) is 2.73. The lowest BCUT2D eigenvalue weighted by atomic mass is 9.99. The molecule has 1 saturated heterocycles. The Morgan fingerprint density at radius 3 is 2.48 bits per heavy atom. The fourth-order valence-electron chi connectivity index (χ4n) is 3.55. The van der Waals surface area contributed by atoms with Crippen molar-refractivity contribution in [1.29, 1.82) is 0 Å². The maximum atomic E-state index is 12.5. The van der Waals surface area contributed by atoms with Crippen LogP contribution in [0, 0.1) is 16.0 Å². The van der Waals surface area contributed by atoms with E-state index in [2.05, 4.69) is 6.92 Å². The van der Waals surface area contributed by atoms with E-state index in [4.69, 9.17) is 4.74 Å². The first kappa shape index (κ1) is 20.5. The molecule has 1 aliphatic heterocycles. The Hall–Kier alpha value is -3.22. The molecular formula is C22H24N2O5. The van der Waals surface area contributed by atoms with Crippen molar-refractivity contribution in [2.75, 3.05) is 18.0 Å². The molecule has 7 heteroatoms. The molecule has 0 unspecified atom stereocenters. The molecule has 2 aromatic carbocycles. The molecule has 1 atom stereocenters. The van der Waals surface area contributed by atoms with Gasteiger partial charge in [-0.2, -0.15) is 0 Å². The van der Waals surface area contributed by atoms with Crippen molar-refractivity contribution >= 4 is 23.1 Å². The van der Waals surface area contributed by atoms with Gasteiger partial charge >= 0.3 is 5.97 Å². The van der Waals surface area contributed by atoms with Gasteiger partial charge in [0, 0.05) is 31.1 Å². The monoisotopic (exact) mass is 396 g/mol. The Balaban J connectivity index is 1.79. The molecule has 0 saturated carbocycles. The number of anilines is 1. The number of nitrogens with zero attached hydrogens (tertiary/aromatic N) is 2. The van der Waals surface area contributed by atoms with Gasteiger partial charge in [0.1, 0.15) is 11.4 Å². The fourth-order valence-corrected chi connectivity index (χ4v) is 3.55. The summed E-state index contributed by atoms with van der Waals surface area (Å²) in [4.78, 5) is 37.3. The topological polar surface area (TPSA) is 89.8 Å². The zero-order chi connectivity index (χ0) is 21.0. The van der Waals surface area contributed by atoms with Gasteiger partial charge in [0.2, 0.25) is 0 Å².